The molecule has 0 bridgehead atoms. The Morgan fingerprint density at radius 1 is 1.53 bits per heavy atom. The summed E-state index contributed by atoms with van der Waals surface area (Å²) in [7, 11) is 0. The van der Waals surface area contributed by atoms with Gasteiger partial charge in [-0.15, -0.1) is 0 Å². The number of hydrogen-bond donors (Lipinski definition) is 1. The van der Waals surface area contributed by atoms with E-state index in [-0.39, 0.29) is 12.1 Å². The van der Waals surface area contributed by atoms with Crippen molar-refractivity contribution in [3.8, 4) is 0 Å². The third-order valence-electron chi connectivity index (χ3n) is 2.75. The molecule has 96 valence electrons. The standard InChI is InChI=1S/C11H17BrN2O3/c1-7(2)14-10(8(12)5-13-14)11(15)9-6-16-3-4-17-9/h5,7,9,11,15H,3-4,6H2,1-2H3. The van der Waals surface area contributed by atoms with Gasteiger partial charge in [0.2, 0.25) is 0 Å². The number of hydrogen-bond acceptors (Lipinski definition) is 4. The molecule has 1 aromatic rings. The van der Waals surface area contributed by atoms with E-state index in [0.717, 1.165) is 10.2 Å². The lowest BCUT2D eigenvalue weighted by Gasteiger charge is -2.28. The van der Waals surface area contributed by atoms with E-state index >= 15 is 0 Å². The molecular weight excluding hydrogens is 288 g/mol. The summed E-state index contributed by atoms with van der Waals surface area (Å²) < 4.78 is 13.4. The molecular formula is C11H17BrN2O3. The molecule has 17 heavy (non-hydrogen) atoms. The van der Waals surface area contributed by atoms with E-state index in [1.807, 2.05) is 13.8 Å². The number of nitrogens with zero attached hydrogens (tertiary/aromatic N) is 2. The van der Waals surface area contributed by atoms with Crippen molar-refractivity contribution < 1.29 is 14.6 Å². The Morgan fingerprint density at radius 3 is 2.88 bits per heavy atom. The molecule has 1 aliphatic heterocycles. The quantitative estimate of drug-likeness (QED) is 0.923. The predicted molar refractivity (Wildman–Crippen MR) is 65.8 cm³/mol. The second-order valence-electron chi connectivity index (χ2n) is 4.35. The van der Waals surface area contributed by atoms with Crippen LogP contribution in [-0.2, 0) is 9.47 Å². The maximum absolute atomic E-state index is 10.3. The van der Waals surface area contributed by atoms with Gasteiger partial charge in [0, 0.05) is 6.04 Å². The molecule has 1 N–H and O–H groups in total. The van der Waals surface area contributed by atoms with Crippen LogP contribution in [0.3, 0.4) is 0 Å². The summed E-state index contributed by atoms with van der Waals surface area (Å²) in [6.45, 7) is 5.57. The van der Waals surface area contributed by atoms with Gasteiger partial charge in [-0.1, -0.05) is 0 Å². The number of halogens is 1. The van der Waals surface area contributed by atoms with Crippen molar-refractivity contribution >= 4 is 15.9 Å². The highest BCUT2D eigenvalue weighted by Crippen LogP contribution is 2.29. The average molecular weight is 305 g/mol. The van der Waals surface area contributed by atoms with Gasteiger partial charge in [0.15, 0.2) is 0 Å². The maximum Gasteiger partial charge on any atom is 0.125 e. The molecule has 1 fully saturated rings. The zero-order chi connectivity index (χ0) is 12.4. The average Bonchev–Trinajstić information content (AvgIpc) is 2.71. The smallest absolute Gasteiger partial charge is 0.125 e. The Bertz CT molecular complexity index is 375. The van der Waals surface area contributed by atoms with E-state index in [4.69, 9.17) is 9.47 Å². The third-order valence-corrected chi connectivity index (χ3v) is 3.36. The molecule has 1 saturated heterocycles. The fraction of sp³-hybridized carbons (Fsp3) is 0.727. The number of aliphatic hydroxyl groups excluding tert-OH is 1. The van der Waals surface area contributed by atoms with Crippen LogP contribution in [0, 0.1) is 0 Å². The summed E-state index contributed by atoms with van der Waals surface area (Å²) in [6, 6.07) is 0.190. The summed E-state index contributed by atoms with van der Waals surface area (Å²) in [5.74, 6) is 0. The van der Waals surface area contributed by atoms with E-state index in [1.165, 1.54) is 0 Å². The topological polar surface area (TPSA) is 56.5 Å². The van der Waals surface area contributed by atoms with Gasteiger partial charge in [-0.05, 0) is 29.8 Å². The van der Waals surface area contributed by atoms with E-state index in [2.05, 4.69) is 21.0 Å². The van der Waals surface area contributed by atoms with Crippen molar-refractivity contribution in [2.45, 2.75) is 32.1 Å². The second kappa shape index (κ2) is 5.48. The van der Waals surface area contributed by atoms with Crippen LogP contribution in [0.1, 0.15) is 31.7 Å². The van der Waals surface area contributed by atoms with Crippen molar-refractivity contribution in [3.05, 3.63) is 16.4 Å². The molecule has 2 heterocycles. The molecule has 2 rings (SSSR count). The Labute approximate surface area is 109 Å². The van der Waals surface area contributed by atoms with E-state index in [0.29, 0.717) is 19.8 Å². The van der Waals surface area contributed by atoms with Gasteiger partial charge < -0.3 is 14.6 Å². The first-order chi connectivity index (χ1) is 8.11. The zero-order valence-corrected chi connectivity index (χ0v) is 11.6. The van der Waals surface area contributed by atoms with Crippen LogP contribution in [0.15, 0.2) is 10.7 Å². The second-order valence-corrected chi connectivity index (χ2v) is 5.20. The van der Waals surface area contributed by atoms with Crippen molar-refractivity contribution in [1.82, 2.24) is 9.78 Å². The first-order valence-corrected chi connectivity index (χ1v) is 6.51. The largest absolute Gasteiger partial charge is 0.384 e. The molecule has 5 nitrogen and oxygen atoms in total. The van der Waals surface area contributed by atoms with Crippen molar-refractivity contribution in [3.63, 3.8) is 0 Å². The Morgan fingerprint density at radius 2 is 2.29 bits per heavy atom. The van der Waals surface area contributed by atoms with Crippen LogP contribution in [0.2, 0.25) is 0 Å². The van der Waals surface area contributed by atoms with Crippen molar-refractivity contribution in [2.75, 3.05) is 19.8 Å². The fourth-order valence-electron chi connectivity index (χ4n) is 1.90. The Kier molecular flexibility index (Phi) is 4.19. The highest BCUT2D eigenvalue weighted by molar-refractivity contribution is 9.10. The molecule has 0 amide bonds. The SMILES string of the molecule is CC(C)n1ncc(Br)c1C(O)C1COCCO1. The first-order valence-electron chi connectivity index (χ1n) is 5.71. The highest BCUT2D eigenvalue weighted by Gasteiger charge is 2.29. The van der Waals surface area contributed by atoms with Gasteiger partial charge in [-0.25, -0.2) is 0 Å². The number of ether oxygens (including phenoxy) is 2. The summed E-state index contributed by atoms with van der Waals surface area (Å²) in [4.78, 5) is 0. The van der Waals surface area contributed by atoms with Crippen LogP contribution in [-0.4, -0.2) is 40.8 Å². The zero-order valence-electron chi connectivity index (χ0n) is 9.97. The number of aromatic nitrogens is 2. The first kappa shape index (κ1) is 13.0. The lowest BCUT2D eigenvalue weighted by atomic mass is 10.1. The van der Waals surface area contributed by atoms with Crippen molar-refractivity contribution in [2.24, 2.45) is 0 Å². The third kappa shape index (κ3) is 2.70. The highest BCUT2D eigenvalue weighted by atomic mass is 79.9. The van der Waals surface area contributed by atoms with Gasteiger partial charge in [0.05, 0.1) is 36.2 Å². The minimum atomic E-state index is -0.727. The van der Waals surface area contributed by atoms with Gasteiger partial charge in [0.1, 0.15) is 12.2 Å². The summed E-state index contributed by atoms with van der Waals surface area (Å²) >= 11 is 3.41. The van der Waals surface area contributed by atoms with Gasteiger partial charge in [-0.2, -0.15) is 5.10 Å². The van der Waals surface area contributed by atoms with Crippen LogP contribution in [0.4, 0.5) is 0 Å². The molecule has 2 unspecified atom stereocenters. The summed E-state index contributed by atoms with van der Waals surface area (Å²) in [5.41, 5.74) is 0.746. The van der Waals surface area contributed by atoms with Gasteiger partial charge in [-0.3, -0.25) is 4.68 Å². The van der Waals surface area contributed by atoms with Crippen LogP contribution in [0.5, 0.6) is 0 Å². The molecule has 6 heteroatoms. The summed E-state index contributed by atoms with van der Waals surface area (Å²) in [6.07, 6.45) is 0.645. The van der Waals surface area contributed by atoms with Gasteiger partial charge in [0.25, 0.3) is 0 Å². The number of rotatable bonds is 3. The normalized spacial score (nSPS) is 23.0. The molecule has 0 aromatic carbocycles. The molecule has 1 aliphatic rings. The molecule has 0 saturated carbocycles. The van der Waals surface area contributed by atoms with Gasteiger partial charge >= 0.3 is 0 Å². The molecule has 0 radical (unpaired) electrons. The lowest BCUT2D eigenvalue weighted by molar-refractivity contribution is -0.135. The van der Waals surface area contributed by atoms with Crippen LogP contribution in [0.25, 0.3) is 0 Å². The predicted octanol–water partition coefficient (Wildman–Crippen LogP) is 1.68. The van der Waals surface area contributed by atoms with E-state index in [9.17, 15) is 5.11 Å². The Hall–Kier alpha value is -0.430. The van der Waals surface area contributed by atoms with E-state index < -0.39 is 6.10 Å². The summed E-state index contributed by atoms with van der Waals surface area (Å²) in [5, 5.41) is 14.6. The minimum absolute atomic E-state index is 0.190. The Balaban J connectivity index is 2.22. The lowest BCUT2D eigenvalue weighted by Crippen LogP contribution is -2.35. The minimum Gasteiger partial charge on any atom is -0.384 e. The number of aliphatic hydroxyl groups is 1. The molecule has 0 spiro atoms. The molecule has 1 aromatic heterocycles. The van der Waals surface area contributed by atoms with Crippen molar-refractivity contribution in [1.29, 1.82) is 0 Å². The maximum atomic E-state index is 10.3. The molecule has 0 aliphatic carbocycles. The van der Waals surface area contributed by atoms with E-state index in [1.54, 1.807) is 10.9 Å². The molecule has 2 atom stereocenters. The van der Waals surface area contributed by atoms with Crippen LogP contribution < -0.4 is 0 Å². The van der Waals surface area contributed by atoms with Crippen LogP contribution >= 0.6 is 15.9 Å². The monoisotopic (exact) mass is 304 g/mol. The fourth-order valence-corrected chi connectivity index (χ4v) is 2.41.